The average Bonchev–Trinajstić information content (AvgIpc) is 2.42. The number of likely N-dealkylation sites (tertiary alicyclic amines) is 1. The van der Waals surface area contributed by atoms with E-state index < -0.39 is 5.41 Å². The van der Waals surface area contributed by atoms with Gasteiger partial charge in [0.05, 0.1) is 5.41 Å². The Labute approximate surface area is 113 Å². The molecule has 1 saturated heterocycles. The third-order valence-electron chi connectivity index (χ3n) is 4.24. The number of benzene rings is 1. The fraction of sp³-hybridized carbons (Fsp3) is 0.533. The van der Waals surface area contributed by atoms with E-state index in [0.717, 1.165) is 38.0 Å². The van der Waals surface area contributed by atoms with Gasteiger partial charge in [0.15, 0.2) is 0 Å². The average molecular weight is 264 g/mol. The van der Waals surface area contributed by atoms with E-state index in [-0.39, 0.29) is 11.7 Å². The van der Waals surface area contributed by atoms with Crippen LogP contribution < -0.4 is 5.73 Å². The normalized spacial score (nSPS) is 19.3. The van der Waals surface area contributed by atoms with E-state index in [1.165, 1.54) is 12.1 Å². The Morgan fingerprint density at radius 2 is 1.89 bits per heavy atom. The van der Waals surface area contributed by atoms with Crippen molar-refractivity contribution in [1.29, 1.82) is 0 Å². The highest BCUT2D eigenvalue weighted by Gasteiger charge is 2.39. The predicted octanol–water partition coefficient (Wildman–Crippen LogP) is 1.96. The molecule has 1 aromatic carbocycles. The van der Waals surface area contributed by atoms with Gasteiger partial charge in [-0.1, -0.05) is 19.1 Å². The number of nitrogens with two attached hydrogens (primary N) is 1. The Kier molecular flexibility index (Phi) is 4.20. The van der Waals surface area contributed by atoms with Gasteiger partial charge in [0.25, 0.3) is 0 Å². The standard InChI is InChI=1S/C15H21FN2O/c1-2-18-9-7-15(8-10-18,14(17)19)11-12-3-5-13(16)6-4-12/h3-6H,2,7-11H2,1H3,(H2,17,19). The summed E-state index contributed by atoms with van der Waals surface area (Å²) in [5.74, 6) is -0.481. The molecule has 1 fully saturated rings. The van der Waals surface area contributed by atoms with Gasteiger partial charge in [-0.15, -0.1) is 0 Å². The van der Waals surface area contributed by atoms with E-state index in [1.54, 1.807) is 12.1 Å². The summed E-state index contributed by atoms with van der Waals surface area (Å²) in [4.78, 5) is 14.2. The summed E-state index contributed by atoms with van der Waals surface area (Å²) in [7, 11) is 0. The zero-order valence-electron chi connectivity index (χ0n) is 11.4. The second kappa shape index (κ2) is 5.70. The monoisotopic (exact) mass is 264 g/mol. The number of hydrogen-bond acceptors (Lipinski definition) is 2. The molecule has 1 amide bonds. The van der Waals surface area contributed by atoms with Crippen molar-refractivity contribution in [3.8, 4) is 0 Å². The number of carbonyl (C=O) groups excluding carboxylic acids is 1. The van der Waals surface area contributed by atoms with Crippen LogP contribution in [0.15, 0.2) is 24.3 Å². The highest BCUT2D eigenvalue weighted by Crippen LogP contribution is 2.34. The molecule has 0 bridgehead atoms. The van der Waals surface area contributed by atoms with Crippen molar-refractivity contribution in [2.45, 2.75) is 26.2 Å². The van der Waals surface area contributed by atoms with Crippen molar-refractivity contribution in [2.24, 2.45) is 11.1 Å². The first kappa shape index (κ1) is 14.0. The second-order valence-corrected chi connectivity index (χ2v) is 5.38. The predicted molar refractivity (Wildman–Crippen MR) is 73.1 cm³/mol. The van der Waals surface area contributed by atoms with Crippen molar-refractivity contribution < 1.29 is 9.18 Å². The topological polar surface area (TPSA) is 46.3 Å². The van der Waals surface area contributed by atoms with Gasteiger partial charge in [-0.2, -0.15) is 0 Å². The minimum absolute atomic E-state index is 0.229. The molecule has 4 heteroatoms. The fourth-order valence-electron chi connectivity index (χ4n) is 2.80. The summed E-state index contributed by atoms with van der Waals surface area (Å²) < 4.78 is 12.9. The van der Waals surface area contributed by atoms with Crippen molar-refractivity contribution in [3.63, 3.8) is 0 Å². The zero-order chi connectivity index (χ0) is 13.9. The maximum absolute atomic E-state index is 12.9. The van der Waals surface area contributed by atoms with Crippen molar-refractivity contribution in [3.05, 3.63) is 35.6 Å². The molecule has 3 nitrogen and oxygen atoms in total. The number of rotatable bonds is 4. The molecule has 0 saturated carbocycles. The van der Waals surface area contributed by atoms with Crippen LogP contribution in [0.2, 0.25) is 0 Å². The van der Waals surface area contributed by atoms with Crippen molar-refractivity contribution in [1.82, 2.24) is 4.90 Å². The molecule has 2 rings (SSSR count). The maximum atomic E-state index is 12.9. The minimum atomic E-state index is -0.469. The summed E-state index contributed by atoms with van der Waals surface area (Å²) in [6, 6.07) is 6.36. The van der Waals surface area contributed by atoms with Crippen LogP contribution >= 0.6 is 0 Å². The molecule has 0 spiro atoms. The molecule has 1 aromatic rings. The largest absolute Gasteiger partial charge is 0.369 e. The van der Waals surface area contributed by atoms with Gasteiger partial charge in [0.1, 0.15) is 5.82 Å². The highest BCUT2D eigenvalue weighted by atomic mass is 19.1. The van der Waals surface area contributed by atoms with Gasteiger partial charge in [-0.3, -0.25) is 4.79 Å². The molecule has 2 N–H and O–H groups in total. The first-order valence-electron chi connectivity index (χ1n) is 6.82. The summed E-state index contributed by atoms with van der Waals surface area (Å²) >= 11 is 0. The summed E-state index contributed by atoms with van der Waals surface area (Å²) in [6.07, 6.45) is 2.18. The molecule has 0 aliphatic carbocycles. The lowest BCUT2D eigenvalue weighted by molar-refractivity contribution is -0.130. The number of amides is 1. The maximum Gasteiger partial charge on any atom is 0.224 e. The van der Waals surface area contributed by atoms with Crippen LogP contribution in [0, 0.1) is 11.2 Å². The van der Waals surface area contributed by atoms with E-state index >= 15 is 0 Å². The fourth-order valence-corrected chi connectivity index (χ4v) is 2.80. The quantitative estimate of drug-likeness (QED) is 0.903. The molecule has 19 heavy (non-hydrogen) atoms. The molecule has 0 unspecified atom stereocenters. The van der Waals surface area contributed by atoms with Gasteiger partial charge >= 0.3 is 0 Å². The number of nitrogens with zero attached hydrogens (tertiary/aromatic N) is 1. The molecule has 0 aromatic heterocycles. The van der Waals surface area contributed by atoms with Crippen LogP contribution in [0.25, 0.3) is 0 Å². The molecular formula is C15H21FN2O. The van der Waals surface area contributed by atoms with E-state index in [4.69, 9.17) is 5.73 Å². The van der Waals surface area contributed by atoms with Gasteiger partial charge < -0.3 is 10.6 Å². The van der Waals surface area contributed by atoms with E-state index in [9.17, 15) is 9.18 Å². The molecular weight excluding hydrogens is 243 g/mol. The lowest BCUT2D eigenvalue weighted by Crippen LogP contribution is -2.48. The van der Waals surface area contributed by atoms with Crippen molar-refractivity contribution in [2.75, 3.05) is 19.6 Å². The molecule has 0 atom stereocenters. The van der Waals surface area contributed by atoms with Gasteiger partial charge in [-0.05, 0) is 56.6 Å². The van der Waals surface area contributed by atoms with Crippen LogP contribution in [0.3, 0.4) is 0 Å². The Morgan fingerprint density at radius 1 is 1.32 bits per heavy atom. The SMILES string of the molecule is CCN1CCC(Cc2ccc(F)cc2)(C(N)=O)CC1. The molecule has 1 aliphatic heterocycles. The summed E-state index contributed by atoms with van der Waals surface area (Å²) in [5.41, 5.74) is 6.14. The van der Waals surface area contributed by atoms with Gasteiger partial charge in [-0.25, -0.2) is 4.39 Å². The lowest BCUT2D eigenvalue weighted by Gasteiger charge is -2.39. The molecule has 0 radical (unpaired) electrons. The minimum Gasteiger partial charge on any atom is -0.369 e. The van der Waals surface area contributed by atoms with E-state index in [0.29, 0.717) is 6.42 Å². The number of halogens is 1. The number of carbonyl (C=O) groups is 1. The Balaban J connectivity index is 2.12. The van der Waals surface area contributed by atoms with Gasteiger partial charge in [0.2, 0.25) is 5.91 Å². The summed E-state index contributed by atoms with van der Waals surface area (Å²) in [5, 5.41) is 0. The third-order valence-corrected chi connectivity index (χ3v) is 4.24. The van der Waals surface area contributed by atoms with Crippen molar-refractivity contribution >= 4 is 5.91 Å². The van der Waals surface area contributed by atoms with Crippen LogP contribution in [-0.2, 0) is 11.2 Å². The molecule has 1 aliphatic rings. The van der Waals surface area contributed by atoms with Gasteiger partial charge in [0, 0.05) is 0 Å². The van der Waals surface area contributed by atoms with Crippen LogP contribution in [0.1, 0.15) is 25.3 Å². The first-order chi connectivity index (χ1) is 9.05. The summed E-state index contributed by atoms with van der Waals surface area (Å²) in [6.45, 7) is 4.93. The Bertz CT molecular complexity index is 436. The second-order valence-electron chi connectivity index (χ2n) is 5.38. The first-order valence-corrected chi connectivity index (χ1v) is 6.82. The lowest BCUT2D eigenvalue weighted by atomic mass is 9.73. The van der Waals surface area contributed by atoms with Crippen LogP contribution in [0.5, 0.6) is 0 Å². The van der Waals surface area contributed by atoms with E-state index in [2.05, 4.69) is 11.8 Å². The smallest absolute Gasteiger partial charge is 0.224 e. The Hall–Kier alpha value is -1.42. The number of primary amides is 1. The molecule has 104 valence electrons. The number of hydrogen-bond donors (Lipinski definition) is 1. The van der Waals surface area contributed by atoms with Crippen LogP contribution in [0.4, 0.5) is 4.39 Å². The highest BCUT2D eigenvalue weighted by molar-refractivity contribution is 5.81. The van der Waals surface area contributed by atoms with Crippen LogP contribution in [-0.4, -0.2) is 30.4 Å². The third kappa shape index (κ3) is 3.13. The van der Waals surface area contributed by atoms with E-state index in [1.807, 2.05) is 0 Å². The Morgan fingerprint density at radius 3 is 2.37 bits per heavy atom. The number of piperidine rings is 1. The molecule has 1 heterocycles. The zero-order valence-corrected chi connectivity index (χ0v) is 11.4.